The van der Waals surface area contributed by atoms with Crippen LogP contribution in [0.2, 0.25) is 5.02 Å². The molecule has 6 heteroatoms. The number of carbonyl (C=O) groups is 1. The lowest BCUT2D eigenvalue weighted by atomic mass is 10.1. The van der Waals surface area contributed by atoms with Crippen LogP contribution in [-0.2, 0) is 0 Å². The average Bonchev–Trinajstić information content (AvgIpc) is 2.62. The van der Waals surface area contributed by atoms with Crippen molar-refractivity contribution in [3.63, 3.8) is 0 Å². The Bertz CT molecular complexity index is 976. The number of benzene rings is 2. The van der Waals surface area contributed by atoms with Crippen molar-refractivity contribution >= 4 is 23.2 Å². The lowest BCUT2D eigenvalue weighted by Gasteiger charge is -2.12. The molecule has 0 spiro atoms. The summed E-state index contributed by atoms with van der Waals surface area (Å²) in [4.78, 5) is 16.6. The number of aromatic nitrogens is 1. The normalized spacial score (nSPS) is 10.7. The van der Waals surface area contributed by atoms with Gasteiger partial charge in [0.1, 0.15) is 11.6 Å². The summed E-state index contributed by atoms with van der Waals surface area (Å²) in [5.41, 5.74) is 1.33. The molecule has 3 rings (SSSR count). The second-order valence-electron chi connectivity index (χ2n) is 6.18. The molecule has 27 heavy (non-hydrogen) atoms. The minimum absolute atomic E-state index is 0.0241. The molecular formula is C21H18ClFN2O2. The van der Waals surface area contributed by atoms with Crippen LogP contribution in [0.25, 0.3) is 11.3 Å². The topological polar surface area (TPSA) is 51.2 Å². The number of pyridine rings is 1. The lowest BCUT2D eigenvalue weighted by molar-refractivity contribution is 0.102. The third kappa shape index (κ3) is 4.63. The molecular weight excluding hydrogens is 367 g/mol. The number of hydrogen-bond acceptors (Lipinski definition) is 3. The van der Waals surface area contributed by atoms with Gasteiger partial charge >= 0.3 is 0 Å². The van der Waals surface area contributed by atoms with Gasteiger partial charge in [-0.15, -0.1) is 0 Å². The molecule has 0 saturated heterocycles. The molecule has 0 aliphatic rings. The third-order valence-electron chi connectivity index (χ3n) is 3.71. The molecule has 0 bridgehead atoms. The number of amides is 1. The Balaban J connectivity index is 1.80. The molecule has 4 nitrogen and oxygen atoms in total. The molecule has 0 aliphatic carbocycles. The summed E-state index contributed by atoms with van der Waals surface area (Å²) in [6.07, 6.45) is 1.56. The smallest absolute Gasteiger partial charge is 0.255 e. The minimum atomic E-state index is -0.569. The van der Waals surface area contributed by atoms with E-state index >= 15 is 0 Å². The quantitative estimate of drug-likeness (QED) is 0.624. The number of ether oxygens (including phenoxy) is 1. The standard InChI is InChI=1S/C21H18ClFN2O2/c1-13(2)27-16-6-3-5-15(12-16)25-21(26)14-8-9-17(19(23)11-14)20-18(22)7-4-10-24-20/h3-13H,1-2H3,(H,25,26). The molecule has 1 N–H and O–H groups in total. The van der Waals surface area contributed by atoms with Gasteiger partial charge in [-0.05, 0) is 56.3 Å². The highest BCUT2D eigenvalue weighted by atomic mass is 35.5. The number of nitrogens with zero attached hydrogens (tertiary/aromatic N) is 1. The zero-order chi connectivity index (χ0) is 19.4. The Morgan fingerprint density at radius 1 is 1.15 bits per heavy atom. The number of hydrogen-bond donors (Lipinski definition) is 1. The molecule has 0 fully saturated rings. The Morgan fingerprint density at radius 2 is 1.96 bits per heavy atom. The predicted molar refractivity (Wildman–Crippen MR) is 105 cm³/mol. The van der Waals surface area contributed by atoms with Gasteiger partial charge in [-0.1, -0.05) is 17.7 Å². The van der Waals surface area contributed by atoms with E-state index in [1.807, 2.05) is 13.8 Å². The van der Waals surface area contributed by atoms with Crippen LogP contribution in [0.15, 0.2) is 60.8 Å². The van der Waals surface area contributed by atoms with E-state index in [9.17, 15) is 9.18 Å². The number of nitrogens with one attached hydrogen (secondary N) is 1. The first-order valence-corrected chi connectivity index (χ1v) is 8.80. The molecule has 0 unspecified atom stereocenters. The zero-order valence-corrected chi connectivity index (χ0v) is 15.6. The molecule has 0 saturated carbocycles. The lowest BCUT2D eigenvalue weighted by Crippen LogP contribution is -2.13. The van der Waals surface area contributed by atoms with Crippen LogP contribution in [0.4, 0.5) is 10.1 Å². The van der Waals surface area contributed by atoms with E-state index in [0.29, 0.717) is 22.2 Å². The van der Waals surface area contributed by atoms with Crippen LogP contribution in [0.3, 0.4) is 0 Å². The van der Waals surface area contributed by atoms with E-state index in [0.717, 1.165) is 0 Å². The van der Waals surface area contributed by atoms with Gasteiger partial charge in [0, 0.05) is 29.1 Å². The van der Waals surface area contributed by atoms with Gasteiger partial charge in [0.15, 0.2) is 0 Å². The monoisotopic (exact) mass is 384 g/mol. The van der Waals surface area contributed by atoms with Crippen molar-refractivity contribution in [1.82, 2.24) is 4.98 Å². The fourth-order valence-corrected chi connectivity index (χ4v) is 2.78. The van der Waals surface area contributed by atoms with Crippen molar-refractivity contribution in [2.75, 3.05) is 5.32 Å². The minimum Gasteiger partial charge on any atom is -0.491 e. The molecule has 0 aliphatic heterocycles. The van der Waals surface area contributed by atoms with Gasteiger partial charge in [0.2, 0.25) is 0 Å². The summed E-state index contributed by atoms with van der Waals surface area (Å²) in [6.45, 7) is 3.84. The Kier molecular flexibility index (Phi) is 5.72. The van der Waals surface area contributed by atoms with E-state index in [-0.39, 0.29) is 17.2 Å². The summed E-state index contributed by atoms with van der Waals surface area (Å²) in [5.74, 6) is -0.344. The van der Waals surface area contributed by atoms with Gasteiger partial charge in [-0.2, -0.15) is 0 Å². The summed E-state index contributed by atoms with van der Waals surface area (Å²) in [5, 5.41) is 3.09. The zero-order valence-electron chi connectivity index (χ0n) is 14.9. The van der Waals surface area contributed by atoms with Crippen molar-refractivity contribution < 1.29 is 13.9 Å². The summed E-state index contributed by atoms with van der Waals surface area (Å²) < 4.78 is 20.1. The largest absolute Gasteiger partial charge is 0.491 e. The first kappa shape index (κ1) is 18.9. The Labute approximate surface area is 162 Å². The maximum atomic E-state index is 14.5. The van der Waals surface area contributed by atoms with E-state index in [1.54, 1.807) is 36.4 Å². The molecule has 1 aromatic heterocycles. The van der Waals surface area contributed by atoms with Crippen molar-refractivity contribution in [2.24, 2.45) is 0 Å². The second-order valence-corrected chi connectivity index (χ2v) is 6.58. The van der Waals surface area contributed by atoms with E-state index in [2.05, 4.69) is 10.3 Å². The number of anilines is 1. The molecule has 138 valence electrons. The fraction of sp³-hybridized carbons (Fsp3) is 0.143. The molecule has 1 heterocycles. The predicted octanol–water partition coefficient (Wildman–Crippen LogP) is 5.58. The maximum absolute atomic E-state index is 14.5. The van der Waals surface area contributed by atoms with E-state index in [1.165, 1.54) is 24.4 Å². The second kappa shape index (κ2) is 8.18. The molecule has 0 atom stereocenters. The average molecular weight is 385 g/mol. The van der Waals surface area contributed by atoms with Crippen LogP contribution in [0.1, 0.15) is 24.2 Å². The summed E-state index contributed by atoms with van der Waals surface area (Å²) in [6, 6.07) is 14.5. The highest BCUT2D eigenvalue weighted by Gasteiger charge is 2.14. The molecule has 2 aromatic carbocycles. The highest BCUT2D eigenvalue weighted by Crippen LogP contribution is 2.28. The summed E-state index contributed by atoms with van der Waals surface area (Å²) >= 11 is 6.07. The Morgan fingerprint density at radius 3 is 2.67 bits per heavy atom. The van der Waals surface area contributed by atoms with Crippen molar-refractivity contribution in [2.45, 2.75) is 20.0 Å². The first-order chi connectivity index (χ1) is 12.9. The third-order valence-corrected chi connectivity index (χ3v) is 4.01. The SMILES string of the molecule is CC(C)Oc1cccc(NC(=O)c2ccc(-c3ncccc3Cl)c(F)c2)c1. The molecule has 3 aromatic rings. The Hall–Kier alpha value is -2.92. The van der Waals surface area contributed by atoms with Crippen LogP contribution in [0.5, 0.6) is 5.75 Å². The maximum Gasteiger partial charge on any atom is 0.255 e. The van der Waals surface area contributed by atoms with Crippen molar-refractivity contribution in [3.05, 3.63) is 77.2 Å². The van der Waals surface area contributed by atoms with Crippen LogP contribution < -0.4 is 10.1 Å². The highest BCUT2D eigenvalue weighted by molar-refractivity contribution is 6.33. The molecule has 1 amide bonds. The van der Waals surface area contributed by atoms with Gasteiger partial charge in [-0.25, -0.2) is 4.39 Å². The fourth-order valence-electron chi connectivity index (χ4n) is 2.55. The number of halogens is 2. The van der Waals surface area contributed by atoms with Gasteiger partial charge < -0.3 is 10.1 Å². The first-order valence-electron chi connectivity index (χ1n) is 8.42. The van der Waals surface area contributed by atoms with Crippen molar-refractivity contribution in [3.8, 4) is 17.0 Å². The van der Waals surface area contributed by atoms with Crippen LogP contribution >= 0.6 is 11.6 Å². The van der Waals surface area contributed by atoms with Crippen molar-refractivity contribution in [1.29, 1.82) is 0 Å². The summed E-state index contributed by atoms with van der Waals surface area (Å²) in [7, 11) is 0. The molecule has 0 radical (unpaired) electrons. The van der Waals surface area contributed by atoms with Gasteiger partial charge in [-0.3, -0.25) is 9.78 Å². The van der Waals surface area contributed by atoms with Crippen LogP contribution in [0, 0.1) is 5.82 Å². The van der Waals surface area contributed by atoms with E-state index < -0.39 is 11.7 Å². The van der Waals surface area contributed by atoms with Gasteiger partial charge in [0.05, 0.1) is 16.8 Å². The van der Waals surface area contributed by atoms with E-state index in [4.69, 9.17) is 16.3 Å². The number of rotatable bonds is 5. The number of carbonyl (C=O) groups excluding carboxylic acids is 1. The van der Waals surface area contributed by atoms with Gasteiger partial charge in [0.25, 0.3) is 5.91 Å². The van der Waals surface area contributed by atoms with Crippen LogP contribution in [-0.4, -0.2) is 17.0 Å².